The summed E-state index contributed by atoms with van der Waals surface area (Å²) in [5.41, 5.74) is 1.97. The SMILES string of the molecule is C#CCS(=O)(=O)C1CCC(C)(C)C(C=C)=C1C. The summed E-state index contributed by atoms with van der Waals surface area (Å²) < 4.78 is 24.1. The molecule has 0 aromatic heterocycles. The Morgan fingerprint density at radius 2 is 2.18 bits per heavy atom. The monoisotopic (exact) mass is 252 g/mol. The van der Waals surface area contributed by atoms with E-state index in [2.05, 4.69) is 26.3 Å². The van der Waals surface area contributed by atoms with Crippen molar-refractivity contribution >= 4 is 9.84 Å². The lowest BCUT2D eigenvalue weighted by molar-refractivity contribution is 0.376. The smallest absolute Gasteiger partial charge is 0.168 e. The van der Waals surface area contributed by atoms with Crippen LogP contribution in [0, 0.1) is 17.8 Å². The average molecular weight is 252 g/mol. The van der Waals surface area contributed by atoms with Crippen LogP contribution in [-0.4, -0.2) is 19.4 Å². The van der Waals surface area contributed by atoms with Gasteiger partial charge in [0.2, 0.25) is 0 Å². The molecule has 3 heteroatoms. The molecule has 1 rings (SSSR count). The van der Waals surface area contributed by atoms with Gasteiger partial charge in [-0.15, -0.1) is 6.42 Å². The fraction of sp³-hybridized carbons (Fsp3) is 0.571. The summed E-state index contributed by atoms with van der Waals surface area (Å²) in [4.78, 5) is 0. The van der Waals surface area contributed by atoms with E-state index < -0.39 is 15.1 Å². The van der Waals surface area contributed by atoms with E-state index in [9.17, 15) is 8.42 Å². The van der Waals surface area contributed by atoms with Gasteiger partial charge < -0.3 is 0 Å². The molecule has 94 valence electrons. The second-order valence-corrected chi connectivity index (χ2v) is 7.41. The molecule has 0 spiro atoms. The first-order valence-corrected chi connectivity index (χ1v) is 7.46. The highest BCUT2D eigenvalue weighted by molar-refractivity contribution is 7.92. The third-order valence-corrected chi connectivity index (χ3v) is 5.62. The molecule has 2 nitrogen and oxygen atoms in total. The maximum absolute atomic E-state index is 12.1. The Morgan fingerprint density at radius 3 is 2.65 bits per heavy atom. The highest BCUT2D eigenvalue weighted by atomic mass is 32.2. The second kappa shape index (κ2) is 4.70. The zero-order chi connectivity index (χ0) is 13.3. The van der Waals surface area contributed by atoms with Gasteiger partial charge in [-0.1, -0.05) is 38.0 Å². The molecular weight excluding hydrogens is 232 g/mol. The largest absolute Gasteiger partial charge is 0.227 e. The van der Waals surface area contributed by atoms with Crippen LogP contribution in [0.1, 0.15) is 33.6 Å². The molecule has 1 atom stereocenters. The van der Waals surface area contributed by atoms with Gasteiger partial charge in [-0.25, -0.2) is 8.42 Å². The van der Waals surface area contributed by atoms with Crippen LogP contribution >= 0.6 is 0 Å². The van der Waals surface area contributed by atoms with Crippen LogP contribution in [0.15, 0.2) is 23.8 Å². The summed E-state index contributed by atoms with van der Waals surface area (Å²) in [5, 5.41) is -0.431. The first kappa shape index (κ1) is 14.1. The van der Waals surface area contributed by atoms with Crippen LogP contribution in [0.4, 0.5) is 0 Å². The van der Waals surface area contributed by atoms with Gasteiger partial charge in [0, 0.05) is 0 Å². The molecule has 17 heavy (non-hydrogen) atoms. The van der Waals surface area contributed by atoms with Crippen LogP contribution in [0.5, 0.6) is 0 Å². The van der Waals surface area contributed by atoms with Crippen LogP contribution in [-0.2, 0) is 9.84 Å². The van der Waals surface area contributed by atoms with E-state index >= 15 is 0 Å². The fourth-order valence-corrected chi connectivity index (χ4v) is 4.23. The predicted octanol–water partition coefficient (Wildman–Crippen LogP) is 2.73. The minimum atomic E-state index is -3.22. The summed E-state index contributed by atoms with van der Waals surface area (Å²) in [6.07, 6.45) is 8.41. The molecule has 0 saturated heterocycles. The van der Waals surface area contributed by atoms with Gasteiger partial charge in [0.05, 0.1) is 5.25 Å². The van der Waals surface area contributed by atoms with Crippen molar-refractivity contribution in [2.75, 3.05) is 5.75 Å². The third-order valence-electron chi connectivity index (χ3n) is 3.59. The molecule has 0 heterocycles. The highest BCUT2D eigenvalue weighted by Crippen LogP contribution is 2.42. The maximum Gasteiger partial charge on any atom is 0.168 e. The predicted molar refractivity (Wildman–Crippen MR) is 72.3 cm³/mol. The van der Waals surface area contributed by atoms with Gasteiger partial charge in [0.15, 0.2) is 9.84 Å². The van der Waals surface area contributed by atoms with Crippen molar-refractivity contribution in [1.29, 1.82) is 0 Å². The fourth-order valence-electron chi connectivity index (χ4n) is 2.65. The van der Waals surface area contributed by atoms with Crippen molar-refractivity contribution in [3.8, 4) is 12.3 Å². The van der Waals surface area contributed by atoms with E-state index in [-0.39, 0.29) is 11.2 Å². The Hall–Kier alpha value is -1.01. The van der Waals surface area contributed by atoms with E-state index in [0.717, 1.165) is 17.6 Å². The van der Waals surface area contributed by atoms with E-state index in [4.69, 9.17) is 6.42 Å². The van der Waals surface area contributed by atoms with Gasteiger partial charge in [0.1, 0.15) is 5.75 Å². The Bertz CT molecular complexity index is 487. The Labute approximate surface area is 105 Å². The lowest BCUT2D eigenvalue weighted by Crippen LogP contribution is -2.33. The van der Waals surface area contributed by atoms with Gasteiger partial charge in [0.25, 0.3) is 0 Å². The summed E-state index contributed by atoms with van der Waals surface area (Å²) in [7, 11) is -3.22. The van der Waals surface area contributed by atoms with Crippen LogP contribution < -0.4 is 0 Å². The van der Waals surface area contributed by atoms with Gasteiger partial charge in [-0.05, 0) is 30.8 Å². The molecule has 0 saturated carbocycles. The molecule has 0 N–H and O–H groups in total. The van der Waals surface area contributed by atoms with E-state index in [1.807, 2.05) is 6.92 Å². The molecule has 0 aromatic rings. The summed E-state index contributed by atoms with van der Waals surface area (Å²) >= 11 is 0. The first-order valence-electron chi connectivity index (χ1n) is 5.75. The minimum Gasteiger partial charge on any atom is -0.227 e. The van der Waals surface area contributed by atoms with E-state index in [1.165, 1.54) is 0 Å². The van der Waals surface area contributed by atoms with E-state index in [0.29, 0.717) is 6.42 Å². The number of terminal acetylenes is 1. The average Bonchev–Trinajstić information content (AvgIpc) is 2.16. The van der Waals surface area contributed by atoms with E-state index in [1.54, 1.807) is 6.08 Å². The normalized spacial score (nSPS) is 24.2. The van der Waals surface area contributed by atoms with Crippen molar-refractivity contribution in [3.05, 3.63) is 23.8 Å². The number of rotatable bonds is 3. The molecule has 0 fully saturated rings. The first-order chi connectivity index (χ1) is 7.76. The Balaban J connectivity index is 3.26. The zero-order valence-electron chi connectivity index (χ0n) is 10.8. The Morgan fingerprint density at radius 1 is 1.59 bits per heavy atom. The molecule has 1 aliphatic rings. The van der Waals surface area contributed by atoms with Crippen LogP contribution in [0.25, 0.3) is 0 Å². The second-order valence-electron chi connectivity index (χ2n) is 5.22. The van der Waals surface area contributed by atoms with Crippen molar-refractivity contribution < 1.29 is 8.42 Å². The molecule has 0 aromatic carbocycles. The lowest BCUT2D eigenvalue weighted by Gasteiger charge is -2.36. The zero-order valence-corrected chi connectivity index (χ0v) is 11.6. The minimum absolute atomic E-state index is 0.00793. The number of hydrogen-bond donors (Lipinski definition) is 0. The van der Waals surface area contributed by atoms with Crippen molar-refractivity contribution in [1.82, 2.24) is 0 Å². The molecule has 0 amide bonds. The van der Waals surface area contributed by atoms with Gasteiger partial charge >= 0.3 is 0 Å². The van der Waals surface area contributed by atoms with Crippen molar-refractivity contribution in [2.45, 2.75) is 38.9 Å². The van der Waals surface area contributed by atoms with Crippen LogP contribution in [0.2, 0.25) is 0 Å². The molecule has 0 bridgehead atoms. The number of allylic oxidation sites excluding steroid dienone is 2. The maximum atomic E-state index is 12.1. The van der Waals surface area contributed by atoms with Gasteiger partial charge in [-0.2, -0.15) is 0 Å². The van der Waals surface area contributed by atoms with Crippen molar-refractivity contribution in [3.63, 3.8) is 0 Å². The summed E-state index contributed by atoms with van der Waals surface area (Å²) in [6, 6.07) is 0. The summed E-state index contributed by atoms with van der Waals surface area (Å²) in [6.45, 7) is 9.93. The molecule has 0 aliphatic heterocycles. The number of hydrogen-bond acceptors (Lipinski definition) is 2. The van der Waals surface area contributed by atoms with Crippen LogP contribution in [0.3, 0.4) is 0 Å². The van der Waals surface area contributed by atoms with Gasteiger partial charge in [-0.3, -0.25) is 0 Å². The lowest BCUT2D eigenvalue weighted by atomic mass is 9.72. The molecule has 0 radical (unpaired) electrons. The standard InChI is InChI=1S/C14H20O2S/c1-6-10-17(15,16)13-8-9-14(4,5)12(7-2)11(13)3/h1,7,13H,2,8-10H2,3-5H3. The summed E-state index contributed by atoms with van der Waals surface area (Å²) in [5.74, 6) is 2.06. The molecule has 1 unspecified atom stereocenters. The molecule has 1 aliphatic carbocycles. The third kappa shape index (κ3) is 2.63. The molecular formula is C14H20O2S. The highest BCUT2D eigenvalue weighted by Gasteiger charge is 2.37. The van der Waals surface area contributed by atoms with Crippen molar-refractivity contribution in [2.24, 2.45) is 5.41 Å². The topological polar surface area (TPSA) is 34.1 Å². The quantitative estimate of drug-likeness (QED) is 0.724. The number of sulfone groups is 1. The Kier molecular flexibility index (Phi) is 3.88.